The van der Waals surface area contributed by atoms with Crippen LogP contribution in [0.2, 0.25) is 0 Å². The van der Waals surface area contributed by atoms with E-state index in [4.69, 9.17) is 5.73 Å². The Kier molecular flexibility index (Phi) is 4.50. The Balaban J connectivity index is 1.43. The van der Waals surface area contributed by atoms with Crippen molar-refractivity contribution in [1.29, 1.82) is 0 Å². The largest absolute Gasteiger partial charge is 0.327 e. The first-order chi connectivity index (χ1) is 12.1. The normalized spacial score (nSPS) is 31.9. The zero-order valence-electron chi connectivity index (χ0n) is 14.6. The second-order valence-corrected chi connectivity index (χ2v) is 7.89. The first-order valence-corrected chi connectivity index (χ1v) is 9.58. The summed E-state index contributed by atoms with van der Waals surface area (Å²) in [4.78, 5) is 26.5. The first kappa shape index (κ1) is 16.6. The van der Waals surface area contributed by atoms with Gasteiger partial charge in [0.2, 0.25) is 11.8 Å². The molecule has 5 nitrogen and oxygen atoms in total. The van der Waals surface area contributed by atoms with Crippen LogP contribution in [-0.4, -0.2) is 24.4 Å². The lowest BCUT2D eigenvalue weighted by atomic mass is 9.65. The molecule has 3 fully saturated rings. The molecule has 3 aliphatic rings. The molecule has 25 heavy (non-hydrogen) atoms. The molecule has 3 N–H and O–H groups in total. The predicted molar refractivity (Wildman–Crippen MR) is 98.2 cm³/mol. The van der Waals surface area contributed by atoms with Gasteiger partial charge in [0.05, 0.1) is 0 Å². The van der Waals surface area contributed by atoms with Gasteiger partial charge in [0.15, 0.2) is 0 Å². The number of carbonyl (C=O) groups excluding carboxylic acids is 2. The number of benzene rings is 1. The minimum Gasteiger partial charge on any atom is -0.327 e. The summed E-state index contributed by atoms with van der Waals surface area (Å²) < 4.78 is 0. The summed E-state index contributed by atoms with van der Waals surface area (Å²) in [7, 11) is 0. The van der Waals surface area contributed by atoms with Gasteiger partial charge in [-0.1, -0.05) is 12.5 Å². The number of hydrogen-bond donors (Lipinski definition) is 2. The number of rotatable bonds is 3. The molecule has 4 rings (SSSR count). The molecule has 2 aliphatic carbocycles. The number of hydrogen-bond acceptors (Lipinski definition) is 3. The standard InChI is InChI=1S/C20H27N3O2/c21-19-13-4-1-5-14(19)11-15(10-13)20(25)22-16-6-2-7-17(12-16)23-9-3-8-18(23)24/h2,6-7,12-15,19H,1,3-5,8-11,21H2,(H,22,25). The number of fused-ring (bicyclic) bond motifs is 2. The highest BCUT2D eigenvalue weighted by Crippen LogP contribution is 2.42. The third kappa shape index (κ3) is 3.30. The fourth-order valence-electron chi connectivity index (χ4n) is 4.92. The van der Waals surface area contributed by atoms with Crippen LogP contribution in [0.3, 0.4) is 0 Å². The van der Waals surface area contributed by atoms with Crippen LogP contribution in [0.5, 0.6) is 0 Å². The van der Waals surface area contributed by atoms with Crippen LogP contribution in [0.15, 0.2) is 24.3 Å². The van der Waals surface area contributed by atoms with E-state index in [0.29, 0.717) is 18.3 Å². The van der Waals surface area contributed by atoms with Crippen LogP contribution in [0.1, 0.15) is 44.9 Å². The van der Waals surface area contributed by atoms with E-state index in [-0.39, 0.29) is 23.8 Å². The van der Waals surface area contributed by atoms with Crippen molar-refractivity contribution < 1.29 is 9.59 Å². The smallest absolute Gasteiger partial charge is 0.227 e. The van der Waals surface area contributed by atoms with Gasteiger partial charge in [-0.3, -0.25) is 9.59 Å². The average Bonchev–Trinajstić information content (AvgIpc) is 3.01. The van der Waals surface area contributed by atoms with E-state index in [1.54, 1.807) is 4.90 Å². The predicted octanol–water partition coefficient (Wildman–Crippen LogP) is 2.91. The van der Waals surface area contributed by atoms with Crippen molar-refractivity contribution in [2.45, 2.75) is 51.0 Å². The fraction of sp³-hybridized carbons (Fsp3) is 0.600. The number of nitrogens with two attached hydrogens (primary N) is 1. The molecule has 2 bridgehead atoms. The van der Waals surface area contributed by atoms with Gasteiger partial charge in [0.25, 0.3) is 0 Å². The van der Waals surface area contributed by atoms with Crippen molar-refractivity contribution in [1.82, 2.24) is 0 Å². The van der Waals surface area contributed by atoms with Gasteiger partial charge in [-0.05, 0) is 62.1 Å². The molecule has 0 aromatic heterocycles. The van der Waals surface area contributed by atoms with Gasteiger partial charge in [0.1, 0.15) is 0 Å². The lowest BCUT2D eigenvalue weighted by molar-refractivity contribution is -0.122. The van der Waals surface area contributed by atoms with Gasteiger partial charge in [-0.15, -0.1) is 0 Å². The Hall–Kier alpha value is -1.88. The maximum absolute atomic E-state index is 12.8. The van der Waals surface area contributed by atoms with E-state index in [9.17, 15) is 9.59 Å². The lowest BCUT2D eigenvalue weighted by Gasteiger charge is -2.43. The lowest BCUT2D eigenvalue weighted by Crippen LogP contribution is -2.48. The molecule has 2 atom stereocenters. The minimum atomic E-state index is 0.0622. The summed E-state index contributed by atoms with van der Waals surface area (Å²) >= 11 is 0. The zero-order chi connectivity index (χ0) is 17.4. The Morgan fingerprint density at radius 2 is 1.92 bits per heavy atom. The monoisotopic (exact) mass is 341 g/mol. The SMILES string of the molecule is NC1C2CCCC1CC(C(=O)Nc1cccc(N3CCCC3=O)c1)C2. The van der Waals surface area contributed by atoms with Crippen LogP contribution in [0.4, 0.5) is 11.4 Å². The third-order valence-electron chi connectivity index (χ3n) is 6.28. The Bertz CT molecular complexity index is 661. The van der Waals surface area contributed by atoms with Crippen LogP contribution < -0.4 is 16.0 Å². The van der Waals surface area contributed by atoms with E-state index in [1.807, 2.05) is 24.3 Å². The molecular formula is C20H27N3O2. The third-order valence-corrected chi connectivity index (χ3v) is 6.28. The van der Waals surface area contributed by atoms with Gasteiger partial charge in [-0.25, -0.2) is 0 Å². The minimum absolute atomic E-state index is 0.0622. The molecule has 1 heterocycles. The van der Waals surface area contributed by atoms with Crippen LogP contribution in [0, 0.1) is 17.8 Å². The highest BCUT2D eigenvalue weighted by Gasteiger charge is 2.40. The molecule has 0 spiro atoms. The summed E-state index contributed by atoms with van der Waals surface area (Å²) in [6.07, 6.45) is 6.91. The zero-order valence-corrected chi connectivity index (χ0v) is 14.6. The summed E-state index contributed by atoms with van der Waals surface area (Å²) in [5, 5.41) is 3.08. The Labute approximate surface area is 148 Å². The van der Waals surface area contributed by atoms with Crippen molar-refractivity contribution in [2.24, 2.45) is 23.5 Å². The van der Waals surface area contributed by atoms with Crippen LogP contribution in [0.25, 0.3) is 0 Å². The highest BCUT2D eigenvalue weighted by molar-refractivity contribution is 5.97. The van der Waals surface area contributed by atoms with Crippen molar-refractivity contribution in [2.75, 3.05) is 16.8 Å². The van der Waals surface area contributed by atoms with E-state index in [0.717, 1.165) is 50.0 Å². The van der Waals surface area contributed by atoms with Gasteiger partial charge in [-0.2, -0.15) is 0 Å². The fourth-order valence-corrected chi connectivity index (χ4v) is 4.92. The molecule has 2 unspecified atom stereocenters. The number of amides is 2. The summed E-state index contributed by atoms with van der Waals surface area (Å²) in [5.74, 6) is 1.33. The molecular weight excluding hydrogens is 314 g/mol. The molecule has 0 radical (unpaired) electrons. The first-order valence-electron chi connectivity index (χ1n) is 9.58. The Morgan fingerprint density at radius 3 is 2.60 bits per heavy atom. The molecule has 1 aromatic rings. The summed E-state index contributed by atoms with van der Waals surface area (Å²) in [6, 6.07) is 7.93. The van der Waals surface area contributed by atoms with E-state index in [2.05, 4.69) is 5.32 Å². The van der Waals surface area contributed by atoms with Gasteiger partial charge >= 0.3 is 0 Å². The van der Waals surface area contributed by atoms with E-state index >= 15 is 0 Å². The quantitative estimate of drug-likeness (QED) is 0.887. The second kappa shape index (κ2) is 6.79. The molecule has 1 saturated heterocycles. The number of carbonyl (C=O) groups is 2. The molecule has 5 heteroatoms. The van der Waals surface area contributed by atoms with Crippen LogP contribution in [-0.2, 0) is 9.59 Å². The molecule has 1 aliphatic heterocycles. The maximum Gasteiger partial charge on any atom is 0.227 e. The van der Waals surface area contributed by atoms with E-state index < -0.39 is 0 Å². The van der Waals surface area contributed by atoms with Crippen molar-refractivity contribution >= 4 is 23.2 Å². The van der Waals surface area contributed by atoms with Crippen molar-refractivity contribution in [3.63, 3.8) is 0 Å². The van der Waals surface area contributed by atoms with Gasteiger partial charge in [0, 0.05) is 36.3 Å². The highest BCUT2D eigenvalue weighted by atomic mass is 16.2. The second-order valence-electron chi connectivity index (χ2n) is 7.89. The van der Waals surface area contributed by atoms with E-state index in [1.165, 1.54) is 6.42 Å². The molecule has 2 saturated carbocycles. The molecule has 2 amide bonds. The molecule has 134 valence electrons. The van der Waals surface area contributed by atoms with Crippen molar-refractivity contribution in [3.05, 3.63) is 24.3 Å². The Morgan fingerprint density at radius 1 is 1.16 bits per heavy atom. The average molecular weight is 341 g/mol. The number of anilines is 2. The maximum atomic E-state index is 12.8. The van der Waals surface area contributed by atoms with Crippen LogP contribution >= 0.6 is 0 Å². The molecule has 1 aromatic carbocycles. The van der Waals surface area contributed by atoms with Gasteiger partial charge < -0.3 is 16.0 Å². The summed E-state index contributed by atoms with van der Waals surface area (Å²) in [6.45, 7) is 0.764. The number of nitrogens with zero attached hydrogens (tertiary/aromatic N) is 1. The van der Waals surface area contributed by atoms with Crippen molar-refractivity contribution in [3.8, 4) is 0 Å². The topological polar surface area (TPSA) is 75.4 Å². The number of nitrogens with one attached hydrogen (secondary N) is 1. The summed E-state index contributed by atoms with van der Waals surface area (Å²) in [5.41, 5.74) is 7.99.